The average Bonchev–Trinajstić information content (AvgIpc) is 3.44. The Morgan fingerprint density at radius 3 is 2.47 bits per heavy atom. The van der Waals surface area contributed by atoms with Gasteiger partial charge in [-0.2, -0.15) is 18.3 Å². The van der Waals surface area contributed by atoms with Crippen molar-refractivity contribution in [3.63, 3.8) is 0 Å². The summed E-state index contributed by atoms with van der Waals surface area (Å²) in [5.41, 5.74) is 1.80. The number of aromatic amines is 1. The van der Waals surface area contributed by atoms with E-state index in [1.807, 2.05) is 11.5 Å². The maximum Gasteiger partial charge on any atom is 0.416 e. The average molecular weight is 468 g/mol. The molecule has 0 fully saturated rings. The van der Waals surface area contributed by atoms with Gasteiger partial charge < -0.3 is 4.90 Å². The van der Waals surface area contributed by atoms with E-state index in [0.717, 1.165) is 41.7 Å². The lowest BCUT2D eigenvalue weighted by molar-refractivity contribution is -0.137. The fraction of sp³-hybridized carbons (Fsp3) is 0.348. The number of halogens is 3. The highest BCUT2D eigenvalue weighted by Gasteiger charge is 2.36. The Kier molecular flexibility index (Phi) is 5.14. The molecule has 4 heterocycles. The Labute approximate surface area is 193 Å². The van der Waals surface area contributed by atoms with Gasteiger partial charge in [-0.25, -0.2) is 9.97 Å². The molecule has 0 bridgehead atoms. The van der Waals surface area contributed by atoms with E-state index in [-0.39, 0.29) is 12.1 Å². The largest absolute Gasteiger partial charge is 0.416 e. The predicted octanol–water partition coefficient (Wildman–Crippen LogP) is 5.12. The molecule has 0 amide bonds. The van der Waals surface area contributed by atoms with Crippen molar-refractivity contribution < 1.29 is 13.2 Å². The van der Waals surface area contributed by atoms with Crippen LogP contribution in [0.3, 0.4) is 0 Å². The lowest BCUT2D eigenvalue weighted by Crippen LogP contribution is -2.40. The summed E-state index contributed by atoms with van der Waals surface area (Å²) in [6.07, 6.45) is -0.254. The van der Waals surface area contributed by atoms with Gasteiger partial charge in [-0.3, -0.25) is 9.67 Å². The van der Waals surface area contributed by atoms with Crippen LogP contribution < -0.4 is 4.90 Å². The molecule has 0 spiro atoms. The third kappa shape index (κ3) is 3.42. The number of hydrogen-bond acceptors (Lipinski definition) is 6. The Morgan fingerprint density at radius 2 is 1.82 bits per heavy atom. The molecule has 11 heteroatoms. The number of fused-ring (bicyclic) bond motifs is 3. The molecule has 0 saturated heterocycles. The van der Waals surface area contributed by atoms with Crippen LogP contribution in [0.1, 0.15) is 50.4 Å². The minimum Gasteiger partial charge on any atom is -0.342 e. The van der Waals surface area contributed by atoms with Crippen LogP contribution >= 0.6 is 0 Å². The Hall–Kier alpha value is -3.76. The lowest BCUT2D eigenvalue weighted by Gasteiger charge is -2.39. The monoisotopic (exact) mass is 468 g/mol. The second kappa shape index (κ2) is 7.93. The van der Waals surface area contributed by atoms with Crippen molar-refractivity contribution >= 4 is 5.82 Å². The maximum atomic E-state index is 13.0. The zero-order chi connectivity index (χ0) is 24.2. The highest BCUT2D eigenvalue weighted by Crippen LogP contribution is 2.41. The first-order chi connectivity index (χ1) is 16.2. The molecule has 4 aromatic rings. The quantitative estimate of drug-likeness (QED) is 0.447. The summed E-state index contributed by atoms with van der Waals surface area (Å²) in [6, 6.07) is 5.07. The minimum absolute atomic E-state index is 0.00446. The van der Waals surface area contributed by atoms with Gasteiger partial charge in [-0.05, 0) is 39.3 Å². The van der Waals surface area contributed by atoms with Crippen molar-refractivity contribution in [1.82, 2.24) is 34.9 Å². The number of hydrogen-bond donors (Lipinski definition) is 1. The van der Waals surface area contributed by atoms with Gasteiger partial charge in [0.15, 0.2) is 17.5 Å². The fourth-order valence-corrected chi connectivity index (χ4v) is 4.49. The van der Waals surface area contributed by atoms with Gasteiger partial charge in [-0.15, -0.1) is 10.2 Å². The van der Waals surface area contributed by atoms with Gasteiger partial charge in [0, 0.05) is 11.6 Å². The van der Waals surface area contributed by atoms with Crippen molar-refractivity contribution in [3.05, 3.63) is 53.9 Å². The Bertz CT molecular complexity index is 1340. The molecule has 34 heavy (non-hydrogen) atoms. The molecule has 8 nitrogen and oxygen atoms in total. The van der Waals surface area contributed by atoms with Crippen LogP contribution in [0.25, 0.3) is 28.3 Å². The maximum absolute atomic E-state index is 13.0. The normalized spacial score (nSPS) is 15.5. The number of rotatable bonds is 4. The Balaban J connectivity index is 1.62. The van der Waals surface area contributed by atoms with Crippen LogP contribution in [0.4, 0.5) is 19.0 Å². The number of nitrogens with one attached hydrogen (secondary N) is 1. The highest BCUT2D eigenvalue weighted by atomic mass is 19.4. The van der Waals surface area contributed by atoms with Crippen molar-refractivity contribution in [2.24, 2.45) is 0 Å². The van der Waals surface area contributed by atoms with E-state index >= 15 is 0 Å². The molecule has 0 aliphatic carbocycles. The lowest BCUT2D eigenvalue weighted by atomic mass is 10.0. The number of H-pyrrole nitrogens is 1. The van der Waals surface area contributed by atoms with E-state index in [1.165, 1.54) is 12.1 Å². The molecular weight excluding hydrogens is 445 g/mol. The SMILES string of the molecule is CC[C@@H]1c2nnc(C)n2-c2cnc(-c3cn[nH]c3-c3ccc(C(F)(F)F)cc3)nc2N1C(C)C. The summed E-state index contributed by atoms with van der Waals surface area (Å²) < 4.78 is 40.9. The van der Waals surface area contributed by atoms with Crippen LogP contribution in [-0.2, 0) is 6.18 Å². The smallest absolute Gasteiger partial charge is 0.342 e. The van der Waals surface area contributed by atoms with E-state index in [1.54, 1.807) is 12.4 Å². The van der Waals surface area contributed by atoms with E-state index in [9.17, 15) is 13.2 Å². The van der Waals surface area contributed by atoms with E-state index in [4.69, 9.17) is 4.98 Å². The number of nitrogens with zero attached hydrogens (tertiary/aromatic N) is 7. The van der Waals surface area contributed by atoms with Crippen molar-refractivity contribution in [3.8, 4) is 28.3 Å². The van der Waals surface area contributed by atoms with Crippen LogP contribution in [0.15, 0.2) is 36.7 Å². The molecule has 0 radical (unpaired) electrons. The summed E-state index contributed by atoms with van der Waals surface area (Å²) in [5.74, 6) is 2.79. The van der Waals surface area contributed by atoms with Crippen LogP contribution in [0.5, 0.6) is 0 Å². The first-order valence-corrected chi connectivity index (χ1v) is 11.0. The number of alkyl halides is 3. The highest BCUT2D eigenvalue weighted by molar-refractivity contribution is 5.78. The summed E-state index contributed by atoms with van der Waals surface area (Å²) in [7, 11) is 0. The predicted molar refractivity (Wildman–Crippen MR) is 120 cm³/mol. The van der Waals surface area contributed by atoms with Gasteiger partial charge >= 0.3 is 6.18 Å². The standard InChI is InChI=1S/C23H23F3N8/c1-5-17-22-32-30-13(4)34(22)18-11-27-20(29-21(18)33(17)12(2)3)16-10-28-31-19(16)14-6-8-15(9-7-14)23(24,25)26/h6-12,17H,5H2,1-4H3,(H,28,31)/t17-/m1/s1. The molecule has 1 aliphatic heterocycles. The molecule has 3 aromatic heterocycles. The number of anilines is 1. The van der Waals surface area contributed by atoms with Crippen molar-refractivity contribution in [2.45, 2.75) is 52.4 Å². The van der Waals surface area contributed by atoms with Crippen molar-refractivity contribution in [1.29, 1.82) is 0 Å². The van der Waals surface area contributed by atoms with E-state index < -0.39 is 11.7 Å². The summed E-state index contributed by atoms with van der Waals surface area (Å²) >= 11 is 0. The van der Waals surface area contributed by atoms with Crippen LogP contribution in [0.2, 0.25) is 0 Å². The van der Waals surface area contributed by atoms with Crippen LogP contribution in [-0.4, -0.2) is 41.0 Å². The molecule has 1 N–H and O–H groups in total. The molecule has 0 unspecified atom stereocenters. The molecule has 0 saturated carbocycles. The van der Waals surface area contributed by atoms with Gasteiger partial charge in [0.25, 0.3) is 0 Å². The van der Waals surface area contributed by atoms with Crippen LogP contribution in [0, 0.1) is 6.92 Å². The third-order valence-corrected chi connectivity index (χ3v) is 6.04. The van der Waals surface area contributed by atoms with Crippen molar-refractivity contribution in [2.75, 3.05) is 4.90 Å². The second-order valence-corrected chi connectivity index (χ2v) is 8.50. The minimum atomic E-state index is -4.40. The molecular formula is C23H23F3N8. The molecule has 1 aliphatic rings. The van der Waals surface area contributed by atoms with Gasteiger partial charge in [0.2, 0.25) is 0 Å². The third-order valence-electron chi connectivity index (χ3n) is 6.04. The number of aromatic nitrogens is 7. The van der Waals surface area contributed by atoms with Gasteiger partial charge in [0.1, 0.15) is 11.5 Å². The fourth-order valence-electron chi connectivity index (χ4n) is 4.49. The molecule has 1 aromatic carbocycles. The van der Waals surface area contributed by atoms with Gasteiger partial charge in [0.05, 0.1) is 35.3 Å². The first-order valence-electron chi connectivity index (χ1n) is 11.0. The molecule has 1 atom stereocenters. The van der Waals surface area contributed by atoms with E-state index in [0.29, 0.717) is 22.6 Å². The topological polar surface area (TPSA) is 88.4 Å². The molecule has 176 valence electrons. The number of benzene rings is 1. The summed E-state index contributed by atoms with van der Waals surface area (Å²) in [5, 5.41) is 15.7. The number of aryl methyl sites for hydroxylation is 1. The molecule has 5 rings (SSSR count). The van der Waals surface area contributed by atoms with E-state index in [2.05, 4.69) is 51.0 Å². The summed E-state index contributed by atoms with van der Waals surface area (Å²) in [6.45, 7) is 8.18. The Morgan fingerprint density at radius 1 is 1.09 bits per heavy atom. The van der Waals surface area contributed by atoms with Gasteiger partial charge in [-0.1, -0.05) is 19.1 Å². The summed E-state index contributed by atoms with van der Waals surface area (Å²) in [4.78, 5) is 11.7. The zero-order valence-electron chi connectivity index (χ0n) is 19.1. The zero-order valence-corrected chi connectivity index (χ0v) is 19.1. The second-order valence-electron chi connectivity index (χ2n) is 8.50. The first kappa shape index (κ1) is 22.1.